The van der Waals surface area contributed by atoms with Crippen molar-refractivity contribution in [1.29, 1.82) is 0 Å². The van der Waals surface area contributed by atoms with Crippen LogP contribution in [0, 0.1) is 6.92 Å². The zero-order valence-corrected chi connectivity index (χ0v) is 12.0. The number of ether oxygens (including phenoxy) is 1. The van der Waals surface area contributed by atoms with Crippen LogP contribution in [-0.4, -0.2) is 4.57 Å². The fraction of sp³-hybridized carbons (Fsp3) is 0.222. The van der Waals surface area contributed by atoms with Crippen molar-refractivity contribution < 1.29 is 4.74 Å². The van der Waals surface area contributed by atoms with Gasteiger partial charge >= 0.3 is 0 Å². The molecule has 0 saturated carbocycles. The van der Waals surface area contributed by atoms with Gasteiger partial charge in [-0.3, -0.25) is 0 Å². The van der Waals surface area contributed by atoms with Crippen LogP contribution in [0.2, 0.25) is 0 Å². The molecule has 3 rings (SSSR count). The number of para-hydroxylation sites is 2. The maximum absolute atomic E-state index is 5.97. The van der Waals surface area contributed by atoms with E-state index in [4.69, 9.17) is 4.74 Å². The molecule has 0 aliphatic heterocycles. The van der Waals surface area contributed by atoms with E-state index in [1.807, 2.05) is 18.2 Å². The fourth-order valence-electron chi connectivity index (χ4n) is 2.63. The quantitative estimate of drug-likeness (QED) is 0.675. The number of hydrogen-bond donors (Lipinski definition) is 0. The Kier molecular flexibility index (Phi) is 3.46. The number of aromatic nitrogens is 1. The van der Waals surface area contributed by atoms with Gasteiger partial charge in [-0.2, -0.15) is 0 Å². The zero-order valence-electron chi connectivity index (χ0n) is 12.0. The highest BCUT2D eigenvalue weighted by Gasteiger charge is 2.08. The van der Waals surface area contributed by atoms with Crippen molar-refractivity contribution >= 4 is 10.9 Å². The van der Waals surface area contributed by atoms with Crippen LogP contribution in [0.5, 0.6) is 5.75 Å². The van der Waals surface area contributed by atoms with Crippen LogP contribution >= 0.6 is 0 Å². The number of hydrogen-bond acceptors (Lipinski definition) is 1. The van der Waals surface area contributed by atoms with Crippen LogP contribution in [0.4, 0.5) is 0 Å². The van der Waals surface area contributed by atoms with Crippen LogP contribution in [-0.2, 0) is 13.2 Å². The summed E-state index contributed by atoms with van der Waals surface area (Å²) in [6.45, 7) is 5.81. The van der Waals surface area contributed by atoms with Crippen LogP contribution in [0.25, 0.3) is 10.9 Å². The third-order valence-corrected chi connectivity index (χ3v) is 3.68. The molecule has 2 nitrogen and oxygen atoms in total. The van der Waals surface area contributed by atoms with Gasteiger partial charge in [-0.05, 0) is 43.0 Å². The average molecular weight is 265 g/mol. The first-order valence-electron chi connectivity index (χ1n) is 7.05. The minimum Gasteiger partial charge on any atom is -0.487 e. The number of nitrogens with zero attached hydrogens (tertiary/aromatic N) is 1. The van der Waals surface area contributed by atoms with Crippen molar-refractivity contribution in [3.63, 3.8) is 0 Å². The fourth-order valence-corrected chi connectivity index (χ4v) is 2.63. The van der Waals surface area contributed by atoms with E-state index in [-0.39, 0.29) is 0 Å². The van der Waals surface area contributed by atoms with E-state index in [9.17, 15) is 0 Å². The van der Waals surface area contributed by atoms with E-state index in [0.29, 0.717) is 6.61 Å². The molecule has 1 heterocycles. The Morgan fingerprint density at radius 2 is 1.75 bits per heavy atom. The Hall–Kier alpha value is -2.22. The van der Waals surface area contributed by atoms with Crippen molar-refractivity contribution in [3.05, 3.63) is 65.9 Å². The normalized spacial score (nSPS) is 10.9. The lowest BCUT2D eigenvalue weighted by atomic mass is 10.2. The molecule has 0 aliphatic carbocycles. The molecule has 2 heteroatoms. The Morgan fingerprint density at radius 1 is 1.00 bits per heavy atom. The Labute approximate surface area is 119 Å². The van der Waals surface area contributed by atoms with Crippen molar-refractivity contribution in [2.24, 2.45) is 0 Å². The van der Waals surface area contributed by atoms with Gasteiger partial charge in [0, 0.05) is 12.1 Å². The van der Waals surface area contributed by atoms with Crippen molar-refractivity contribution in [2.75, 3.05) is 0 Å². The highest BCUT2D eigenvalue weighted by Crippen LogP contribution is 2.22. The van der Waals surface area contributed by atoms with E-state index >= 15 is 0 Å². The molecule has 0 bridgehead atoms. The summed E-state index contributed by atoms with van der Waals surface area (Å²) in [5.74, 6) is 0.959. The molecule has 20 heavy (non-hydrogen) atoms. The van der Waals surface area contributed by atoms with Crippen LogP contribution in [0.15, 0.2) is 54.6 Å². The number of benzene rings is 2. The molecule has 0 saturated heterocycles. The smallest absolute Gasteiger partial charge is 0.128 e. The summed E-state index contributed by atoms with van der Waals surface area (Å²) >= 11 is 0. The highest BCUT2D eigenvalue weighted by molar-refractivity contribution is 5.81. The zero-order chi connectivity index (χ0) is 13.9. The van der Waals surface area contributed by atoms with Gasteiger partial charge in [-0.15, -0.1) is 0 Å². The molecule has 0 N–H and O–H groups in total. The molecular formula is C18H19NO. The molecule has 0 fully saturated rings. The predicted octanol–water partition coefficient (Wildman–Crippen LogP) is 4.55. The third-order valence-electron chi connectivity index (χ3n) is 3.68. The predicted molar refractivity (Wildman–Crippen MR) is 83.1 cm³/mol. The number of rotatable bonds is 4. The standard InChI is InChI=1S/C18H19NO/c1-3-19-16(12-15-9-5-6-10-17(15)19)13-20-18-11-7-4-8-14(18)2/h4-12H,3,13H2,1-2H3. The van der Waals surface area contributed by atoms with Gasteiger partial charge in [0.25, 0.3) is 0 Å². The van der Waals surface area contributed by atoms with Gasteiger partial charge in [0.2, 0.25) is 0 Å². The van der Waals surface area contributed by atoms with Gasteiger partial charge in [0.1, 0.15) is 12.4 Å². The maximum Gasteiger partial charge on any atom is 0.128 e. The lowest BCUT2D eigenvalue weighted by Gasteiger charge is -2.11. The second-order valence-electron chi connectivity index (χ2n) is 4.99. The van der Waals surface area contributed by atoms with Crippen molar-refractivity contribution in [2.45, 2.75) is 27.0 Å². The molecule has 0 amide bonds. The lowest BCUT2D eigenvalue weighted by Crippen LogP contribution is -2.05. The Morgan fingerprint density at radius 3 is 2.55 bits per heavy atom. The van der Waals surface area contributed by atoms with Gasteiger partial charge in [0.15, 0.2) is 0 Å². The first kappa shape index (κ1) is 12.8. The minimum atomic E-state index is 0.605. The number of fused-ring (bicyclic) bond motifs is 1. The van der Waals surface area contributed by atoms with Crippen LogP contribution < -0.4 is 4.74 Å². The van der Waals surface area contributed by atoms with Gasteiger partial charge < -0.3 is 9.30 Å². The summed E-state index contributed by atoms with van der Waals surface area (Å²) in [6, 6.07) is 18.8. The van der Waals surface area contributed by atoms with E-state index in [1.165, 1.54) is 22.2 Å². The van der Waals surface area contributed by atoms with Gasteiger partial charge in [-0.1, -0.05) is 36.4 Å². The molecule has 1 aromatic heterocycles. The summed E-state index contributed by atoms with van der Waals surface area (Å²) in [6.07, 6.45) is 0. The van der Waals surface area contributed by atoms with Crippen molar-refractivity contribution in [3.8, 4) is 5.75 Å². The monoisotopic (exact) mass is 265 g/mol. The molecule has 0 atom stereocenters. The topological polar surface area (TPSA) is 14.2 Å². The third kappa shape index (κ3) is 2.29. The van der Waals surface area contributed by atoms with E-state index in [1.54, 1.807) is 0 Å². The molecule has 0 unspecified atom stereocenters. The summed E-state index contributed by atoms with van der Waals surface area (Å²) < 4.78 is 8.29. The van der Waals surface area contributed by atoms with Gasteiger partial charge in [0.05, 0.1) is 5.69 Å². The minimum absolute atomic E-state index is 0.605. The molecule has 102 valence electrons. The molecule has 2 aromatic carbocycles. The summed E-state index contributed by atoms with van der Waals surface area (Å²) in [7, 11) is 0. The molecule has 0 radical (unpaired) electrons. The summed E-state index contributed by atoms with van der Waals surface area (Å²) in [5.41, 5.74) is 3.67. The largest absolute Gasteiger partial charge is 0.487 e. The average Bonchev–Trinajstić information content (AvgIpc) is 2.84. The first-order valence-corrected chi connectivity index (χ1v) is 7.05. The second kappa shape index (κ2) is 5.41. The molecule has 0 spiro atoms. The van der Waals surface area contributed by atoms with E-state index < -0.39 is 0 Å². The lowest BCUT2D eigenvalue weighted by molar-refractivity contribution is 0.294. The van der Waals surface area contributed by atoms with Gasteiger partial charge in [-0.25, -0.2) is 0 Å². The Bertz CT molecular complexity index is 727. The second-order valence-corrected chi connectivity index (χ2v) is 4.99. The maximum atomic E-state index is 5.97. The SMILES string of the molecule is CCn1c(COc2ccccc2C)cc2ccccc21. The summed E-state index contributed by atoms with van der Waals surface area (Å²) in [4.78, 5) is 0. The molecular weight excluding hydrogens is 246 g/mol. The Balaban J connectivity index is 1.89. The number of aryl methyl sites for hydroxylation is 2. The van der Waals surface area contributed by atoms with Crippen LogP contribution in [0.3, 0.4) is 0 Å². The highest BCUT2D eigenvalue weighted by atomic mass is 16.5. The summed E-state index contributed by atoms with van der Waals surface area (Å²) in [5, 5.41) is 1.28. The van der Waals surface area contributed by atoms with Crippen molar-refractivity contribution in [1.82, 2.24) is 4.57 Å². The molecule has 0 aliphatic rings. The van der Waals surface area contributed by atoms with E-state index in [2.05, 4.69) is 54.8 Å². The first-order chi connectivity index (χ1) is 9.79. The van der Waals surface area contributed by atoms with E-state index in [0.717, 1.165) is 12.3 Å². The van der Waals surface area contributed by atoms with Crippen LogP contribution in [0.1, 0.15) is 18.2 Å². The molecule has 3 aromatic rings.